The maximum Gasteiger partial charge on any atom is 0.236 e. The molecule has 2 aliphatic rings. The van der Waals surface area contributed by atoms with Gasteiger partial charge in [0.1, 0.15) is 0 Å². The van der Waals surface area contributed by atoms with Gasteiger partial charge in [-0.2, -0.15) is 0 Å². The fourth-order valence-corrected chi connectivity index (χ4v) is 3.81. The van der Waals surface area contributed by atoms with E-state index < -0.39 is 0 Å². The fourth-order valence-electron chi connectivity index (χ4n) is 3.81. The van der Waals surface area contributed by atoms with Crippen molar-refractivity contribution < 1.29 is 4.79 Å². The van der Waals surface area contributed by atoms with Crippen molar-refractivity contribution >= 4 is 5.91 Å². The second-order valence-corrected chi connectivity index (χ2v) is 7.26. The molecule has 2 unspecified atom stereocenters. The first kappa shape index (κ1) is 17.4. The molecule has 0 aliphatic carbocycles. The van der Waals surface area contributed by atoms with E-state index in [-0.39, 0.29) is 18.0 Å². The molecule has 2 N–H and O–H groups in total. The average Bonchev–Trinajstić information content (AvgIpc) is 2.57. The molecule has 1 aromatic carbocycles. The molecule has 1 amide bonds. The van der Waals surface area contributed by atoms with Crippen molar-refractivity contribution in [1.29, 1.82) is 0 Å². The lowest BCUT2D eigenvalue weighted by Gasteiger charge is -2.39. The van der Waals surface area contributed by atoms with Gasteiger partial charge in [0.25, 0.3) is 0 Å². The van der Waals surface area contributed by atoms with E-state index >= 15 is 0 Å². The number of carbonyl (C=O) groups excluding carboxylic acids is 1. The number of carbonyl (C=O) groups is 1. The van der Waals surface area contributed by atoms with Crippen LogP contribution in [0, 0.1) is 0 Å². The minimum Gasteiger partial charge on any atom is -0.339 e. The quantitative estimate of drug-likeness (QED) is 0.900. The largest absolute Gasteiger partial charge is 0.339 e. The third kappa shape index (κ3) is 4.56. The van der Waals surface area contributed by atoms with Gasteiger partial charge in [-0.3, -0.25) is 14.6 Å². The number of rotatable bonds is 4. The van der Waals surface area contributed by atoms with E-state index in [4.69, 9.17) is 5.73 Å². The lowest BCUT2D eigenvalue weighted by molar-refractivity contribution is -0.136. The summed E-state index contributed by atoms with van der Waals surface area (Å²) in [5, 5.41) is 0. The summed E-state index contributed by atoms with van der Waals surface area (Å²) in [6, 6.07) is 11.1. The van der Waals surface area contributed by atoms with Gasteiger partial charge in [0.2, 0.25) is 5.91 Å². The van der Waals surface area contributed by atoms with Crippen LogP contribution in [0.3, 0.4) is 0 Å². The highest BCUT2D eigenvalue weighted by molar-refractivity contribution is 5.78. The zero-order chi connectivity index (χ0) is 16.9. The van der Waals surface area contributed by atoms with E-state index in [1.165, 1.54) is 5.56 Å². The normalized spacial score (nSPS) is 26.5. The number of hydrogen-bond donors (Lipinski definition) is 1. The Hall–Kier alpha value is -1.43. The van der Waals surface area contributed by atoms with Crippen LogP contribution < -0.4 is 5.73 Å². The number of amides is 1. The van der Waals surface area contributed by atoms with Gasteiger partial charge in [0.05, 0.1) is 6.54 Å². The number of hydrogen-bond acceptors (Lipinski definition) is 4. The molecule has 2 atom stereocenters. The van der Waals surface area contributed by atoms with Gasteiger partial charge in [-0.25, -0.2) is 0 Å². The first-order chi connectivity index (χ1) is 11.6. The Morgan fingerprint density at radius 2 is 1.75 bits per heavy atom. The summed E-state index contributed by atoms with van der Waals surface area (Å²) in [5.74, 6) is 0.269. The van der Waals surface area contributed by atoms with E-state index in [0.717, 1.165) is 52.1 Å². The number of piperazine rings is 1. The molecule has 0 bridgehead atoms. The Morgan fingerprint density at radius 1 is 1.08 bits per heavy atom. The molecule has 132 valence electrons. The van der Waals surface area contributed by atoms with Crippen LogP contribution in [0.4, 0.5) is 0 Å². The fraction of sp³-hybridized carbons (Fsp3) is 0.632. The SMILES string of the molecule is CC1CC(N)CCN1C(=O)CN1CCN(Cc2ccccc2)CC1. The van der Waals surface area contributed by atoms with Crippen molar-refractivity contribution in [2.45, 2.75) is 38.4 Å². The summed E-state index contributed by atoms with van der Waals surface area (Å²) in [4.78, 5) is 19.4. The van der Waals surface area contributed by atoms with E-state index in [0.29, 0.717) is 6.54 Å². The van der Waals surface area contributed by atoms with Crippen LogP contribution in [0.15, 0.2) is 30.3 Å². The molecule has 1 aromatic rings. The molecule has 0 saturated carbocycles. The molecule has 2 saturated heterocycles. The van der Waals surface area contributed by atoms with Crippen LogP contribution in [-0.4, -0.2) is 72.0 Å². The first-order valence-corrected chi connectivity index (χ1v) is 9.15. The van der Waals surface area contributed by atoms with Crippen LogP contribution in [-0.2, 0) is 11.3 Å². The second kappa shape index (κ2) is 8.10. The van der Waals surface area contributed by atoms with E-state index in [1.54, 1.807) is 0 Å². The molecule has 2 fully saturated rings. The molecule has 2 aliphatic heterocycles. The van der Waals surface area contributed by atoms with Crippen LogP contribution in [0.5, 0.6) is 0 Å². The monoisotopic (exact) mass is 330 g/mol. The molecule has 3 rings (SSSR count). The number of nitrogens with zero attached hydrogens (tertiary/aromatic N) is 3. The van der Waals surface area contributed by atoms with Crippen molar-refractivity contribution in [3.05, 3.63) is 35.9 Å². The second-order valence-electron chi connectivity index (χ2n) is 7.26. The molecule has 5 nitrogen and oxygen atoms in total. The smallest absolute Gasteiger partial charge is 0.236 e. The molecule has 24 heavy (non-hydrogen) atoms. The maximum absolute atomic E-state index is 12.6. The summed E-state index contributed by atoms with van der Waals surface area (Å²) in [7, 11) is 0. The molecule has 0 spiro atoms. The van der Waals surface area contributed by atoms with E-state index in [2.05, 4.69) is 47.1 Å². The summed E-state index contributed by atoms with van der Waals surface area (Å²) in [5.41, 5.74) is 7.36. The Balaban J connectivity index is 1.43. The van der Waals surface area contributed by atoms with Gasteiger partial charge in [-0.15, -0.1) is 0 Å². The maximum atomic E-state index is 12.6. The molecule has 5 heteroatoms. The van der Waals surface area contributed by atoms with Gasteiger partial charge in [-0.05, 0) is 25.3 Å². The number of nitrogens with two attached hydrogens (primary N) is 1. The van der Waals surface area contributed by atoms with Crippen LogP contribution in [0.1, 0.15) is 25.3 Å². The Morgan fingerprint density at radius 3 is 2.42 bits per heavy atom. The number of benzene rings is 1. The minimum absolute atomic E-state index is 0.255. The topological polar surface area (TPSA) is 52.8 Å². The summed E-state index contributed by atoms with van der Waals surface area (Å²) in [6.07, 6.45) is 1.86. The van der Waals surface area contributed by atoms with Gasteiger partial charge >= 0.3 is 0 Å². The van der Waals surface area contributed by atoms with Crippen LogP contribution >= 0.6 is 0 Å². The van der Waals surface area contributed by atoms with Crippen molar-refractivity contribution in [2.24, 2.45) is 5.73 Å². The van der Waals surface area contributed by atoms with Gasteiger partial charge < -0.3 is 10.6 Å². The highest BCUT2D eigenvalue weighted by Crippen LogP contribution is 2.16. The van der Waals surface area contributed by atoms with Crippen molar-refractivity contribution in [2.75, 3.05) is 39.3 Å². The predicted molar refractivity (Wildman–Crippen MR) is 96.5 cm³/mol. The Kier molecular flexibility index (Phi) is 5.87. The number of piperidine rings is 1. The van der Waals surface area contributed by atoms with Crippen molar-refractivity contribution in [3.63, 3.8) is 0 Å². The Labute approximate surface area is 145 Å². The van der Waals surface area contributed by atoms with Crippen LogP contribution in [0.25, 0.3) is 0 Å². The Bertz CT molecular complexity index is 527. The molecule has 0 aromatic heterocycles. The average molecular weight is 330 g/mol. The first-order valence-electron chi connectivity index (χ1n) is 9.15. The molecule has 2 heterocycles. The third-order valence-corrected chi connectivity index (χ3v) is 5.31. The summed E-state index contributed by atoms with van der Waals surface area (Å²) < 4.78 is 0. The zero-order valence-corrected chi connectivity index (χ0v) is 14.7. The minimum atomic E-state index is 0.255. The predicted octanol–water partition coefficient (Wildman–Crippen LogP) is 1.14. The van der Waals surface area contributed by atoms with Gasteiger partial charge in [0.15, 0.2) is 0 Å². The van der Waals surface area contributed by atoms with Crippen molar-refractivity contribution in [1.82, 2.24) is 14.7 Å². The zero-order valence-electron chi connectivity index (χ0n) is 14.7. The van der Waals surface area contributed by atoms with Crippen molar-refractivity contribution in [3.8, 4) is 0 Å². The highest BCUT2D eigenvalue weighted by Gasteiger charge is 2.28. The van der Waals surface area contributed by atoms with Gasteiger partial charge in [-0.1, -0.05) is 30.3 Å². The summed E-state index contributed by atoms with van der Waals surface area (Å²) >= 11 is 0. The highest BCUT2D eigenvalue weighted by atomic mass is 16.2. The molecular weight excluding hydrogens is 300 g/mol. The molecular formula is C19H30N4O. The number of likely N-dealkylation sites (tertiary alicyclic amines) is 1. The van der Waals surface area contributed by atoms with E-state index in [9.17, 15) is 4.79 Å². The van der Waals surface area contributed by atoms with Crippen LogP contribution in [0.2, 0.25) is 0 Å². The summed E-state index contributed by atoms with van der Waals surface area (Å²) in [6.45, 7) is 8.50. The third-order valence-electron chi connectivity index (χ3n) is 5.31. The van der Waals surface area contributed by atoms with E-state index in [1.807, 2.05) is 4.90 Å². The lowest BCUT2D eigenvalue weighted by Crippen LogP contribution is -2.53. The molecule has 0 radical (unpaired) electrons. The van der Waals surface area contributed by atoms with Gasteiger partial charge in [0, 0.05) is 51.4 Å². The standard InChI is InChI=1S/C19H30N4O/c1-16-13-18(20)7-8-23(16)19(24)15-22-11-9-21(10-12-22)14-17-5-3-2-4-6-17/h2-6,16,18H,7-15,20H2,1H3. The lowest BCUT2D eigenvalue weighted by atomic mass is 9.99.